The number of halogens is 2. The number of anilines is 1. The smallest absolute Gasteiger partial charge is 0.294 e. The molecule has 0 aliphatic carbocycles. The number of nitrogens with two attached hydrogens (primary N) is 1. The third-order valence-corrected chi connectivity index (χ3v) is 3.02. The first kappa shape index (κ1) is 11.1. The van der Waals surface area contributed by atoms with Crippen molar-refractivity contribution in [1.82, 2.24) is 9.78 Å². The van der Waals surface area contributed by atoms with Gasteiger partial charge in [0.1, 0.15) is 5.69 Å². The summed E-state index contributed by atoms with van der Waals surface area (Å²) in [6, 6.07) is 4.91. The number of hydrogen-bond donors (Lipinski definition) is 2. The Kier molecular flexibility index (Phi) is 2.69. The Morgan fingerprint density at radius 3 is 2.50 bits per heavy atom. The van der Waals surface area contributed by atoms with E-state index in [9.17, 15) is 4.79 Å². The van der Waals surface area contributed by atoms with E-state index in [2.05, 4.69) is 5.10 Å². The van der Waals surface area contributed by atoms with Crippen molar-refractivity contribution in [2.24, 2.45) is 0 Å². The van der Waals surface area contributed by atoms with Gasteiger partial charge in [0.25, 0.3) is 5.56 Å². The first-order valence-corrected chi connectivity index (χ1v) is 5.29. The maximum atomic E-state index is 11.7. The normalized spacial score (nSPS) is 10.7. The summed E-state index contributed by atoms with van der Waals surface area (Å²) in [5, 5.41) is 3.68. The van der Waals surface area contributed by atoms with Crippen LogP contribution in [-0.2, 0) is 0 Å². The number of aryl methyl sites for hydroxylation is 1. The highest BCUT2D eigenvalue weighted by atomic mass is 35.5. The first-order valence-electron chi connectivity index (χ1n) is 4.53. The molecule has 0 radical (unpaired) electrons. The number of benzene rings is 1. The van der Waals surface area contributed by atoms with Crippen LogP contribution in [0.4, 0.5) is 5.69 Å². The fourth-order valence-corrected chi connectivity index (χ4v) is 1.66. The molecule has 1 aromatic carbocycles. The molecule has 0 saturated carbocycles. The standard InChI is InChI=1S/C10H9Cl2N3O/c1-5-9(13)10(16)15(14-5)6-2-3-7(11)8(12)4-6/h2-4,14H,13H2,1H3. The van der Waals surface area contributed by atoms with Crippen LogP contribution in [0.3, 0.4) is 0 Å². The summed E-state index contributed by atoms with van der Waals surface area (Å²) in [7, 11) is 0. The Hall–Kier alpha value is -1.39. The molecule has 6 heteroatoms. The van der Waals surface area contributed by atoms with Crippen LogP contribution < -0.4 is 11.3 Å². The lowest BCUT2D eigenvalue weighted by Gasteiger charge is -2.02. The first-order chi connectivity index (χ1) is 7.50. The van der Waals surface area contributed by atoms with Crippen LogP contribution >= 0.6 is 23.2 Å². The van der Waals surface area contributed by atoms with Crippen LogP contribution in [0.5, 0.6) is 0 Å². The molecule has 0 fully saturated rings. The number of aromatic nitrogens is 2. The van der Waals surface area contributed by atoms with Crippen LogP contribution in [0.1, 0.15) is 5.69 Å². The van der Waals surface area contributed by atoms with Gasteiger partial charge in [-0.15, -0.1) is 0 Å². The van der Waals surface area contributed by atoms with Crippen molar-refractivity contribution in [3.63, 3.8) is 0 Å². The molecule has 0 atom stereocenters. The highest BCUT2D eigenvalue weighted by molar-refractivity contribution is 6.42. The van der Waals surface area contributed by atoms with E-state index in [0.29, 0.717) is 21.4 Å². The number of H-pyrrole nitrogens is 1. The van der Waals surface area contributed by atoms with E-state index < -0.39 is 0 Å². The summed E-state index contributed by atoms with van der Waals surface area (Å²) in [4.78, 5) is 11.7. The highest BCUT2D eigenvalue weighted by Gasteiger charge is 2.09. The minimum Gasteiger partial charge on any atom is -0.393 e. The number of rotatable bonds is 1. The van der Waals surface area contributed by atoms with E-state index in [0.717, 1.165) is 0 Å². The molecular formula is C10H9Cl2N3O. The predicted octanol–water partition coefficient (Wildman–Crippen LogP) is 2.36. The molecule has 0 aliphatic heterocycles. The van der Waals surface area contributed by atoms with Crippen molar-refractivity contribution >= 4 is 28.9 Å². The highest BCUT2D eigenvalue weighted by Crippen LogP contribution is 2.23. The van der Waals surface area contributed by atoms with Crippen LogP contribution in [0, 0.1) is 6.92 Å². The van der Waals surface area contributed by atoms with Crippen molar-refractivity contribution in [3.8, 4) is 5.69 Å². The topological polar surface area (TPSA) is 63.8 Å². The maximum Gasteiger partial charge on any atom is 0.294 e. The zero-order chi connectivity index (χ0) is 11.9. The summed E-state index contributed by atoms with van der Waals surface area (Å²) in [5.74, 6) is 0. The molecule has 2 aromatic rings. The largest absolute Gasteiger partial charge is 0.393 e. The fourth-order valence-electron chi connectivity index (χ4n) is 1.37. The number of nitrogens with one attached hydrogen (secondary N) is 1. The maximum absolute atomic E-state index is 11.7. The summed E-state index contributed by atoms with van der Waals surface area (Å²) < 4.78 is 1.33. The molecule has 16 heavy (non-hydrogen) atoms. The van der Waals surface area contributed by atoms with Gasteiger partial charge >= 0.3 is 0 Å². The summed E-state index contributed by atoms with van der Waals surface area (Å²) in [6.45, 7) is 1.73. The van der Waals surface area contributed by atoms with Gasteiger partial charge in [0.05, 0.1) is 21.4 Å². The van der Waals surface area contributed by atoms with Gasteiger partial charge in [0.15, 0.2) is 0 Å². The quantitative estimate of drug-likeness (QED) is 0.824. The molecular weight excluding hydrogens is 249 g/mol. The second-order valence-electron chi connectivity index (χ2n) is 3.39. The molecule has 84 valence electrons. The second-order valence-corrected chi connectivity index (χ2v) is 4.20. The predicted molar refractivity (Wildman–Crippen MR) is 65.6 cm³/mol. The van der Waals surface area contributed by atoms with Crippen molar-refractivity contribution < 1.29 is 0 Å². The molecule has 1 heterocycles. The fraction of sp³-hybridized carbons (Fsp3) is 0.100. The summed E-state index contributed by atoms with van der Waals surface area (Å²) in [6.07, 6.45) is 0. The zero-order valence-corrected chi connectivity index (χ0v) is 9.93. The van der Waals surface area contributed by atoms with Gasteiger partial charge in [-0.05, 0) is 25.1 Å². The van der Waals surface area contributed by atoms with E-state index in [1.807, 2.05) is 0 Å². The minimum atomic E-state index is -0.295. The summed E-state index contributed by atoms with van der Waals surface area (Å²) in [5.41, 5.74) is 6.71. The Bertz CT molecular complexity index is 601. The Labute approximate surface area is 102 Å². The van der Waals surface area contributed by atoms with Crippen LogP contribution in [0.25, 0.3) is 5.69 Å². The van der Waals surface area contributed by atoms with Gasteiger partial charge in [-0.3, -0.25) is 9.89 Å². The third-order valence-electron chi connectivity index (χ3n) is 2.28. The summed E-state index contributed by atoms with van der Waals surface area (Å²) >= 11 is 11.7. The van der Waals surface area contributed by atoms with Crippen molar-refractivity contribution in [1.29, 1.82) is 0 Å². The van der Waals surface area contributed by atoms with Gasteiger partial charge in [0, 0.05) is 0 Å². The van der Waals surface area contributed by atoms with Crippen LogP contribution in [0.2, 0.25) is 10.0 Å². The third kappa shape index (κ3) is 1.70. The molecule has 0 spiro atoms. The van der Waals surface area contributed by atoms with Crippen molar-refractivity contribution in [2.75, 3.05) is 5.73 Å². The number of nitrogen functional groups attached to an aromatic ring is 1. The van der Waals surface area contributed by atoms with Gasteiger partial charge < -0.3 is 5.73 Å². The van der Waals surface area contributed by atoms with Crippen molar-refractivity contribution in [3.05, 3.63) is 44.3 Å². The molecule has 2 rings (SSSR count). The SMILES string of the molecule is Cc1[nH]n(-c2ccc(Cl)c(Cl)c2)c(=O)c1N. The second kappa shape index (κ2) is 3.88. The van der Waals surface area contributed by atoms with E-state index >= 15 is 0 Å². The van der Waals surface area contributed by atoms with Gasteiger partial charge in [-0.25, -0.2) is 4.68 Å². The molecule has 0 bridgehead atoms. The molecule has 0 unspecified atom stereocenters. The number of nitrogens with zero attached hydrogens (tertiary/aromatic N) is 1. The van der Waals surface area contributed by atoms with E-state index in [1.165, 1.54) is 4.68 Å². The van der Waals surface area contributed by atoms with Crippen LogP contribution in [-0.4, -0.2) is 9.78 Å². The average molecular weight is 258 g/mol. The van der Waals surface area contributed by atoms with E-state index in [4.69, 9.17) is 28.9 Å². The van der Waals surface area contributed by atoms with Gasteiger partial charge in [0.2, 0.25) is 0 Å². The average Bonchev–Trinajstić information content (AvgIpc) is 2.50. The lowest BCUT2D eigenvalue weighted by Crippen LogP contribution is -2.16. The number of aromatic amines is 1. The van der Waals surface area contributed by atoms with E-state index in [-0.39, 0.29) is 11.2 Å². The minimum absolute atomic E-state index is 0.200. The van der Waals surface area contributed by atoms with Crippen molar-refractivity contribution in [2.45, 2.75) is 6.92 Å². The zero-order valence-electron chi connectivity index (χ0n) is 8.42. The lowest BCUT2D eigenvalue weighted by atomic mass is 10.3. The number of hydrogen-bond acceptors (Lipinski definition) is 2. The molecule has 0 aliphatic rings. The monoisotopic (exact) mass is 257 g/mol. The Balaban J connectivity index is 2.63. The molecule has 1 aromatic heterocycles. The molecule has 3 N–H and O–H groups in total. The lowest BCUT2D eigenvalue weighted by molar-refractivity contribution is 0.835. The van der Waals surface area contributed by atoms with Crippen LogP contribution in [0.15, 0.2) is 23.0 Å². The molecule has 0 amide bonds. The molecule has 4 nitrogen and oxygen atoms in total. The van der Waals surface area contributed by atoms with E-state index in [1.54, 1.807) is 25.1 Å². The van der Waals surface area contributed by atoms with Gasteiger partial charge in [-0.1, -0.05) is 23.2 Å². The Morgan fingerprint density at radius 1 is 1.31 bits per heavy atom. The van der Waals surface area contributed by atoms with Gasteiger partial charge in [-0.2, -0.15) is 0 Å². The Morgan fingerprint density at radius 2 is 2.00 bits per heavy atom. The molecule has 0 saturated heterocycles.